The Kier molecular flexibility index (Phi) is 3.68. The average Bonchev–Trinajstić information content (AvgIpc) is 3.18. The summed E-state index contributed by atoms with van der Waals surface area (Å²) in [6, 6.07) is 8.67. The van der Waals surface area contributed by atoms with Crippen LogP contribution in [0.4, 0.5) is 4.39 Å². The van der Waals surface area contributed by atoms with Gasteiger partial charge in [-0.3, -0.25) is 0 Å². The van der Waals surface area contributed by atoms with Gasteiger partial charge in [0.25, 0.3) is 0 Å². The first-order valence-electron chi connectivity index (χ1n) is 7.00. The van der Waals surface area contributed by atoms with Crippen LogP contribution in [0.3, 0.4) is 0 Å². The average molecular weight is 328 g/mol. The van der Waals surface area contributed by atoms with Crippen LogP contribution < -0.4 is 0 Å². The van der Waals surface area contributed by atoms with E-state index in [-0.39, 0.29) is 5.82 Å². The monoisotopic (exact) mass is 328 g/mol. The third-order valence-corrected chi connectivity index (χ3v) is 6.09. The number of rotatable bonds is 3. The van der Waals surface area contributed by atoms with Crippen LogP contribution in [0.25, 0.3) is 22.2 Å². The molecule has 1 aliphatic rings. The summed E-state index contributed by atoms with van der Waals surface area (Å²) in [5.41, 5.74) is 2.75. The van der Waals surface area contributed by atoms with Gasteiger partial charge in [-0.25, -0.2) is 9.37 Å². The lowest BCUT2D eigenvalue weighted by Crippen LogP contribution is -1.89. The highest BCUT2D eigenvalue weighted by atomic mass is 32.2. The lowest BCUT2D eigenvalue weighted by molar-refractivity contribution is 0.628. The highest BCUT2D eigenvalue weighted by molar-refractivity contribution is 8.18. The molecule has 0 aliphatic carbocycles. The first-order valence-corrected chi connectivity index (χ1v) is 8.83. The molecule has 0 saturated heterocycles. The van der Waals surface area contributed by atoms with Crippen molar-refractivity contribution < 1.29 is 4.39 Å². The van der Waals surface area contributed by atoms with E-state index in [4.69, 9.17) is 0 Å². The molecule has 1 unspecified atom stereocenters. The Morgan fingerprint density at radius 2 is 2.27 bits per heavy atom. The zero-order valence-corrected chi connectivity index (χ0v) is 13.3. The number of H-pyrrole nitrogens is 1. The maximum Gasteiger partial charge on any atom is 0.139 e. The SMILES string of the molecule is Fc1cccc(-c2ccnc3[nH]cc(SC4CC=CS4)c23)c1. The largest absolute Gasteiger partial charge is 0.345 e. The van der Waals surface area contributed by atoms with Crippen molar-refractivity contribution in [1.82, 2.24) is 9.97 Å². The number of halogens is 1. The van der Waals surface area contributed by atoms with E-state index < -0.39 is 0 Å². The standard InChI is InChI=1S/C17H13FN2S2/c18-12-4-1-3-11(9-12)13-6-7-19-17-16(13)14(10-20-17)22-15-5-2-8-21-15/h1-4,6-10,15H,5H2,(H,19,20). The topological polar surface area (TPSA) is 28.7 Å². The van der Waals surface area contributed by atoms with Crippen LogP contribution >= 0.6 is 23.5 Å². The molecule has 4 rings (SSSR count). The van der Waals surface area contributed by atoms with Crippen LogP contribution in [0.5, 0.6) is 0 Å². The highest BCUT2D eigenvalue weighted by Gasteiger charge is 2.17. The van der Waals surface area contributed by atoms with E-state index >= 15 is 0 Å². The maximum absolute atomic E-state index is 13.6. The van der Waals surface area contributed by atoms with Gasteiger partial charge in [0, 0.05) is 22.7 Å². The number of allylic oxidation sites excluding steroid dienone is 1. The number of benzene rings is 1. The number of hydrogen-bond donors (Lipinski definition) is 1. The Morgan fingerprint density at radius 3 is 3.09 bits per heavy atom. The van der Waals surface area contributed by atoms with E-state index in [0.717, 1.165) is 28.6 Å². The van der Waals surface area contributed by atoms with Crippen molar-refractivity contribution in [3.05, 3.63) is 60.0 Å². The molecular weight excluding hydrogens is 315 g/mol. The fourth-order valence-corrected chi connectivity index (χ4v) is 4.89. The number of aromatic amines is 1. The van der Waals surface area contributed by atoms with Crippen molar-refractivity contribution in [2.45, 2.75) is 15.9 Å². The fourth-order valence-electron chi connectivity index (χ4n) is 2.60. The third kappa shape index (κ3) is 2.55. The van der Waals surface area contributed by atoms with Crippen molar-refractivity contribution >= 4 is 34.6 Å². The van der Waals surface area contributed by atoms with Crippen LogP contribution in [0.2, 0.25) is 0 Å². The van der Waals surface area contributed by atoms with Gasteiger partial charge in [-0.15, -0.1) is 23.5 Å². The van der Waals surface area contributed by atoms with Crippen molar-refractivity contribution in [3.63, 3.8) is 0 Å². The van der Waals surface area contributed by atoms with Crippen molar-refractivity contribution in [2.75, 3.05) is 0 Å². The van der Waals surface area contributed by atoms with E-state index in [2.05, 4.69) is 21.5 Å². The second kappa shape index (κ2) is 5.82. The van der Waals surface area contributed by atoms with Gasteiger partial charge in [-0.05, 0) is 41.2 Å². The molecule has 0 radical (unpaired) electrons. The lowest BCUT2D eigenvalue weighted by Gasteiger charge is -2.09. The van der Waals surface area contributed by atoms with Crippen LogP contribution in [0.15, 0.2) is 59.1 Å². The molecule has 22 heavy (non-hydrogen) atoms. The molecule has 0 fully saturated rings. The van der Waals surface area contributed by atoms with Gasteiger partial charge >= 0.3 is 0 Å². The first kappa shape index (κ1) is 13.9. The Balaban J connectivity index is 1.82. The van der Waals surface area contributed by atoms with E-state index in [1.54, 1.807) is 18.3 Å². The second-order valence-corrected chi connectivity index (χ2v) is 7.69. The molecule has 2 aromatic heterocycles. The predicted octanol–water partition coefficient (Wildman–Crippen LogP) is 5.44. The minimum Gasteiger partial charge on any atom is -0.345 e. The molecule has 1 atom stereocenters. The van der Waals surface area contributed by atoms with Crippen molar-refractivity contribution in [2.24, 2.45) is 0 Å². The molecule has 0 saturated carbocycles. The first-order chi connectivity index (χ1) is 10.8. The number of pyridine rings is 1. The second-order valence-electron chi connectivity index (χ2n) is 5.04. The summed E-state index contributed by atoms with van der Waals surface area (Å²) in [6.07, 6.45) is 7.03. The summed E-state index contributed by atoms with van der Waals surface area (Å²) in [6.45, 7) is 0. The molecule has 110 valence electrons. The van der Waals surface area contributed by atoms with Crippen LogP contribution in [-0.4, -0.2) is 14.5 Å². The molecule has 2 nitrogen and oxygen atoms in total. The summed E-state index contributed by atoms with van der Waals surface area (Å²) in [7, 11) is 0. The predicted molar refractivity (Wildman–Crippen MR) is 92.5 cm³/mol. The summed E-state index contributed by atoms with van der Waals surface area (Å²) in [5.74, 6) is -0.220. The molecule has 5 heteroatoms. The van der Waals surface area contributed by atoms with Gasteiger partial charge in [-0.1, -0.05) is 18.2 Å². The van der Waals surface area contributed by atoms with Gasteiger partial charge in [0.2, 0.25) is 0 Å². The Morgan fingerprint density at radius 1 is 1.32 bits per heavy atom. The minimum absolute atomic E-state index is 0.220. The summed E-state index contributed by atoms with van der Waals surface area (Å²) in [5, 5.41) is 3.23. The van der Waals surface area contributed by atoms with Crippen LogP contribution in [0, 0.1) is 5.82 Å². The molecule has 1 N–H and O–H groups in total. The molecular formula is C17H13FN2S2. The van der Waals surface area contributed by atoms with Gasteiger partial charge in [0.1, 0.15) is 11.5 Å². The van der Waals surface area contributed by atoms with Gasteiger partial charge in [-0.2, -0.15) is 0 Å². The van der Waals surface area contributed by atoms with Crippen LogP contribution in [0.1, 0.15) is 6.42 Å². The van der Waals surface area contributed by atoms with E-state index in [0.29, 0.717) is 4.58 Å². The maximum atomic E-state index is 13.6. The van der Waals surface area contributed by atoms with Crippen molar-refractivity contribution in [3.8, 4) is 11.1 Å². The van der Waals surface area contributed by atoms with E-state index in [9.17, 15) is 4.39 Å². The quantitative estimate of drug-likeness (QED) is 0.694. The van der Waals surface area contributed by atoms with Crippen LogP contribution in [-0.2, 0) is 0 Å². The summed E-state index contributed by atoms with van der Waals surface area (Å²) in [4.78, 5) is 8.80. The summed E-state index contributed by atoms with van der Waals surface area (Å²) < 4.78 is 14.1. The molecule has 0 spiro atoms. The number of aromatic nitrogens is 2. The van der Waals surface area contributed by atoms with Gasteiger partial charge in [0.05, 0.1) is 4.58 Å². The molecule has 3 aromatic rings. The zero-order chi connectivity index (χ0) is 14.9. The smallest absolute Gasteiger partial charge is 0.139 e. The van der Waals surface area contributed by atoms with E-state index in [1.165, 1.54) is 11.0 Å². The summed E-state index contributed by atoms with van der Waals surface area (Å²) >= 11 is 3.68. The molecule has 0 bridgehead atoms. The number of hydrogen-bond acceptors (Lipinski definition) is 3. The Hall–Kier alpha value is -1.72. The zero-order valence-electron chi connectivity index (χ0n) is 11.6. The number of thioether (sulfide) groups is 2. The van der Waals surface area contributed by atoms with Crippen molar-refractivity contribution in [1.29, 1.82) is 0 Å². The fraction of sp³-hybridized carbons (Fsp3) is 0.118. The lowest BCUT2D eigenvalue weighted by atomic mass is 10.0. The van der Waals surface area contributed by atoms with Gasteiger partial charge < -0.3 is 4.98 Å². The molecule has 1 aromatic carbocycles. The minimum atomic E-state index is -0.220. The molecule has 1 aliphatic heterocycles. The molecule has 0 amide bonds. The van der Waals surface area contributed by atoms with Gasteiger partial charge in [0.15, 0.2) is 0 Å². The molecule has 3 heterocycles. The highest BCUT2D eigenvalue weighted by Crippen LogP contribution is 2.42. The number of fused-ring (bicyclic) bond motifs is 1. The normalized spacial score (nSPS) is 17.4. The number of nitrogens with zero attached hydrogens (tertiary/aromatic N) is 1. The van der Waals surface area contributed by atoms with E-state index in [1.807, 2.05) is 41.9 Å². The Labute approximate surface area is 136 Å². The third-order valence-electron chi connectivity index (χ3n) is 3.59. The Bertz CT molecular complexity index is 849. The number of nitrogens with one attached hydrogen (secondary N) is 1.